The highest BCUT2D eigenvalue weighted by molar-refractivity contribution is 9.18. The van der Waals surface area contributed by atoms with Gasteiger partial charge in [0.25, 0.3) is 0 Å². The average Bonchev–Trinajstić information content (AvgIpc) is 2.95. The molecule has 0 bridgehead atoms. The standard InChI is InChI=1S/C16H18BrF3N2O2/c17-15-9-14(24-21-15)12-5-7-22(8-6-12)10-11-1-3-13(4-2-11)23-16(18,19)20/h1-4,12,14H,5-10H2/t14-/m0/s1. The minimum absolute atomic E-state index is 0.167. The first-order valence-corrected chi connectivity index (χ1v) is 8.63. The second kappa shape index (κ2) is 7.31. The molecule has 1 saturated heterocycles. The Bertz CT molecular complexity index is 584. The van der Waals surface area contributed by atoms with Crippen LogP contribution in [0.1, 0.15) is 24.8 Å². The van der Waals surface area contributed by atoms with Gasteiger partial charge in [0.1, 0.15) is 16.5 Å². The number of hydrogen-bond acceptors (Lipinski definition) is 4. The van der Waals surface area contributed by atoms with Gasteiger partial charge in [0.2, 0.25) is 0 Å². The number of hydrogen-bond donors (Lipinski definition) is 0. The van der Waals surface area contributed by atoms with E-state index in [9.17, 15) is 13.2 Å². The van der Waals surface area contributed by atoms with Gasteiger partial charge in [0, 0.05) is 18.9 Å². The number of benzene rings is 1. The summed E-state index contributed by atoms with van der Waals surface area (Å²) < 4.78 is 41.2. The van der Waals surface area contributed by atoms with Gasteiger partial charge < -0.3 is 9.57 Å². The summed E-state index contributed by atoms with van der Waals surface area (Å²) in [7, 11) is 0. The molecule has 1 aromatic rings. The van der Waals surface area contributed by atoms with Crippen LogP contribution in [0.25, 0.3) is 0 Å². The molecule has 0 amide bonds. The number of likely N-dealkylation sites (tertiary alicyclic amines) is 1. The first-order chi connectivity index (χ1) is 11.4. The molecule has 0 N–H and O–H groups in total. The van der Waals surface area contributed by atoms with Crippen molar-refractivity contribution in [1.29, 1.82) is 0 Å². The van der Waals surface area contributed by atoms with E-state index in [1.54, 1.807) is 12.1 Å². The number of piperidine rings is 1. The molecule has 0 aliphatic carbocycles. The molecule has 8 heteroatoms. The van der Waals surface area contributed by atoms with E-state index in [4.69, 9.17) is 4.84 Å². The number of ether oxygens (including phenoxy) is 1. The van der Waals surface area contributed by atoms with Gasteiger partial charge in [0.15, 0.2) is 0 Å². The van der Waals surface area contributed by atoms with Crippen LogP contribution in [0.4, 0.5) is 13.2 Å². The van der Waals surface area contributed by atoms with Crippen molar-refractivity contribution in [2.75, 3.05) is 13.1 Å². The largest absolute Gasteiger partial charge is 0.573 e. The number of nitrogens with zero attached hydrogens (tertiary/aromatic N) is 2. The first-order valence-electron chi connectivity index (χ1n) is 7.84. The van der Waals surface area contributed by atoms with Crippen LogP contribution in [0.15, 0.2) is 29.4 Å². The molecule has 0 radical (unpaired) electrons. The Balaban J connectivity index is 1.46. The fourth-order valence-electron chi connectivity index (χ4n) is 3.16. The van der Waals surface area contributed by atoms with Crippen molar-refractivity contribution >= 4 is 20.6 Å². The summed E-state index contributed by atoms with van der Waals surface area (Å²) in [4.78, 5) is 7.73. The van der Waals surface area contributed by atoms with Gasteiger partial charge in [-0.3, -0.25) is 4.90 Å². The number of rotatable bonds is 4. The van der Waals surface area contributed by atoms with E-state index in [1.807, 2.05) is 0 Å². The zero-order valence-corrected chi connectivity index (χ0v) is 14.5. The molecule has 0 unspecified atom stereocenters. The lowest BCUT2D eigenvalue weighted by Crippen LogP contribution is -2.37. The highest BCUT2D eigenvalue weighted by Gasteiger charge is 2.32. The second-order valence-corrected chi connectivity index (χ2v) is 7.04. The van der Waals surface area contributed by atoms with Crippen molar-refractivity contribution in [3.05, 3.63) is 29.8 Å². The average molecular weight is 407 g/mol. The summed E-state index contributed by atoms with van der Waals surface area (Å²) in [6, 6.07) is 6.07. The molecule has 1 atom stereocenters. The Labute approximate surface area is 146 Å². The molecule has 0 spiro atoms. The lowest BCUT2D eigenvalue weighted by atomic mass is 9.90. The maximum absolute atomic E-state index is 12.2. The van der Waals surface area contributed by atoms with E-state index in [1.165, 1.54) is 12.1 Å². The van der Waals surface area contributed by atoms with Gasteiger partial charge in [-0.05, 0) is 59.6 Å². The van der Waals surface area contributed by atoms with E-state index in [2.05, 4.69) is 30.7 Å². The van der Waals surface area contributed by atoms with Crippen LogP contribution in [-0.2, 0) is 11.4 Å². The molecule has 3 rings (SSSR count). The fraction of sp³-hybridized carbons (Fsp3) is 0.562. The third kappa shape index (κ3) is 4.86. The van der Waals surface area contributed by atoms with Crippen LogP contribution in [0.3, 0.4) is 0 Å². The van der Waals surface area contributed by atoms with Crippen molar-refractivity contribution in [1.82, 2.24) is 4.90 Å². The van der Waals surface area contributed by atoms with Crippen molar-refractivity contribution in [2.24, 2.45) is 11.1 Å². The van der Waals surface area contributed by atoms with E-state index in [0.29, 0.717) is 5.92 Å². The minimum Gasteiger partial charge on any atom is -0.406 e. The van der Waals surface area contributed by atoms with Crippen LogP contribution in [0.2, 0.25) is 0 Å². The summed E-state index contributed by atoms with van der Waals surface area (Å²) in [6.45, 7) is 2.62. The van der Waals surface area contributed by atoms with Gasteiger partial charge in [-0.25, -0.2) is 0 Å². The van der Waals surface area contributed by atoms with Crippen LogP contribution < -0.4 is 4.74 Å². The first kappa shape index (κ1) is 17.5. The van der Waals surface area contributed by atoms with Crippen LogP contribution >= 0.6 is 15.9 Å². The van der Waals surface area contributed by atoms with Crippen LogP contribution in [0, 0.1) is 5.92 Å². The van der Waals surface area contributed by atoms with Gasteiger partial charge in [-0.15, -0.1) is 13.2 Å². The van der Waals surface area contributed by atoms with Gasteiger partial charge in [-0.1, -0.05) is 17.3 Å². The summed E-state index contributed by atoms with van der Waals surface area (Å²) >= 11 is 3.36. The Morgan fingerprint density at radius 3 is 2.42 bits per heavy atom. The molecular formula is C16H18BrF3N2O2. The summed E-state index contributed by atoms with van der Waals surface area (Å²) in [5, 5.41) is 3.94. The maximum atomic E-state index is 12.2. The lowest BCUT2D eigenvalue weighted by molar-refractivity contribution is -0.274. The summed E-state index contributed by atoms with van der Waals surface area (Å²) in [5.74, 6) is 0.316. The minimum atomic E-state index is -4.65. The van der Waals surface area contributed by atoms with Gasteiger partial charge in [-0.2, -0.15) is 0 Å². The highest BCUT2D eigenvalue weighted by Crippen LogP contribution is 2.30. The predicted molar refractivity (Wildman–Crippen MR) is 87.0 cm³/mol. The zero-order chi connectivity index (χ0) is 17.2. The molecule has 132 valence electrons. The molecule has 4 nitrogen and oxygen atoms in total. The third-order valence-electron chi connectivity index (χ3n) is 4.38. The van der Waals surface area contributed by atoms with Gasteiger partial charge >= 0.3 is 6.36 Å². The lowest BCUT2D eigenvalue weighted by Gasteiger charge is -2.33. The summed E-state index contributed by atoms with van der Waals surface area (Å²) in [6.07, 6.45) is -1.57. The molecule has 1 aromatic carbocycles. The summed E-state index contributed by atoms with van der Waals surface area (Å²) in [5.41, 5.74) is 0.978. The highest BCUT2D eigenvalue weighted by atomic mass is 79.9. The quantitative estimate of drug-likeness (QED) is 0.747. The molecule has 1 fully saturated rings. The fourth-order valence-corrected chi connectivity index (χ4v) is 3.56. The molecular weight excluding hydrogens is 389 g/mol. The van der Waals surface area contributed by atoms with Crippen LogP contribution in [-0.4, -0.2) is 35.1 Å². The Kier molecular flexibility index (Phi) is 5.34. The monoisotopic (exact) mass is 406 g/mol. The van der Waals surface area contributed by atoms with E-state index < -0.39 is 6.36 Å². The topological polar surface area (TPSA) is 34.1 Å². The number of oxime groups is 1. The van der Waals surface area contributed by atoms with E-state index in [0.717, 1.165) is 49.1 Å². The van der Waals surface area contributed by atoms with E-state index in [-0.39, 0.29) is 11.9 Å². The van der Waals surface area contributed by atoms with Crippen molar-refractivity contribution in [3.63, 3.8) is 0 Å². The second-order valence-electron chi connectivity index (χ2n) is 6.12. The normalized spacial score (nSPS) is 23.0. The maximum Gasteiger partial charge on any atom is 0.573 e. The van der Waals surface area contributed by atoms with Gasteiger partial charge in [0.05, 0.1) is 0 Å². The number of alkyl halides is 3. The van der Waals surface area contributed by atoms with Crippen LogP contribution in [0.5, 0.6) is 5.75 Å². The predicted octanol–water partition coefficient (Wildman–Crippen LogP) is 4.29. The molecule has 24 heavy (non-hydrogen) atoms. The Morgan fingerprint density at radius 2 is 1.88 bits per heavy atom. The third-order valence-corrected chi connectivity index (χ3v) is 4.85. The van der Waals surface area contributed by atoms with Crippen molar-refractivity contribution < 1.29 is 22.7 Å². The molecule has 0 saturated carbocycles. The zero-order valence-electron chi connectivity index (χ0n) is 12.9. The molecule has 2 aliphatic heterocycles. The smallest absolute Gasteiger partial charge is 0.406 e. The number of halogens is 4. The molecule has 0 aromatic heterocycles. The van der Waals surface area contributed by atoms with E-state index >= 15 is 0 Å². The SMILES string of the molecule is FC(F)(F)Oc1ccc(CN2CCC([C@@H]3CC(Br)=NO3)CC2)cc1. The van der Waals surface area contributed by atoms with Crippen molar-refractivity contribution in [3.8, 4) is 5.75 Å². The Hall–Kier alpha value is -1.28. The molecule has 2 heterocycles. The molecule has 2 aliphatic rings. The van der Waals surface area contributed by atoms with Crippen molar-refractivity contribution in [2.45, 2.75) is 38.3 Å². The Morgan fingerprint density at radius 1 is 1.21 bits per heavy atom.